The number of amidine groups is 1. The molecule has 2 rings (SSSR count). The smallest absolute Gasteiger partial charge is 0.115 e. The summed E-state index contributed by atoms with van der Waals surface area (Å²) in [6.07, 6.45) is 2.57. The third-order valence-electron chi connectivity index (χ3n) is 1.94. The first-order valence-corrected chi connectivity index (χ1v) is 3.50. The monoisotopic (exact) mass is 125 g/mol. The Morgan fingerprint density at radius 2 is 2.56 bits per heavy atom. The zero-order valence-corrected chi connectivity index (χ0v) is 5.35. The van der Waals surface area contributed by atoms with Gasteiger partial charge in [0.25, 0.3) is 0 Å². The van der Waals surface area contributed by atoms with Crippen molar-refractivity contribution < 1.29 is 0 Å². The number of hydrogen-bond donors (Lipinski definition) is 2. The molecule has 1 fully saturated rings. The number of rotatable bonds is 0. The van der Waals surface area contributed by atoms with Crippen LogP contribution in [0.3, 0.4) is 0 Å². The Balaban J connectivity index is 2.16. The fourth-order valence-corrected chi connectivity index (χ4v) is 1.41. The van der Waals surface area contributed by atoms with Crippen LogP contribution >= 0.6 is 0 Å². The molecular formula is C6H11N3. The molecule has 2 aliphatic rings. The van der Waals surface area contributed by atoms with Gasteiger partial charge in [-0.2, -0.15) is 0 Å². The molecule has 1 atom stereocenters. The minimum atomic E-state index is 0.693. The zero-order chi connectivity index (χ0) is 6.10. The largest absolute Gasteiger partial charge is 0.309 e. The van der Waals surface area contributed by atoms with Crippen LogP contribution in [0.5, 0.6) is 0 Å². The van der Waals surface area contributed by atoms with Gasteiger partial charge >= 0.3 is 0 Å². The molecule has 0 spiro atoms. The molecule has 0 amide bonds. The maximum absolute atomic E-state index is 4.33. The summed E-state index contributed by atoms with van der Waals surface area (Å²) in [5, 5.41) is 0. The molecule has 1 unspecified atom stereocenters. The predicted molar refractivity (Wildman–Crippen MR) is 36.2 cm³/mol. The van der Waals surface area contributed by atoms with E-state index in [9.17, 15) is 0 Å². The molecule has 9 heavy (non-hydrogen) atoms. The second kappa shape index (κ2) is 1.99. The SMILES string of the molecule is C1CN=C2NNCC2C1. The average molecular weight is 125 g/mol. The lowest BCUT2D eigenvalue weighted by Gasteiger charge is -2.12. The first-order chi connectivity index (χ1) is 4.47. The summed E-state index contributed by atoms with van der Waals surface area (Å²) in [5.41, 5.74) is 6.14. The second-order valence-corrected chi connectivity index (χ2v) is 2.61. The Kier molecular flexibility index (Phi) is 1.16. The van der Waals surface area contributed by atoms with Gasteiger partial charge in [-0.15, -0.1) is 0 Å². The fraction of sp³-hybridized carbons (Fsp3) is 0.833. The van der Waals surface area contributed by atoms with Crippen LogP contribution in [-0.2, 0) is 0 Å². The topological polar surface area (TPSA) is 36.4 Å². The van der Waals surface area contributed by atoms with Crippen molar-refractivity contribution in [3.8, 4) is 0 Å². The highest BCUT2D eigenvalue weighted by atomic mass is 15.4. The normalized spacial score (nSPS) is 32.9. The van der Waals surface area contributed by atoms with Gasteiger partial charge in [0.15, 0.2) is 0 Å². The van der Waals surface area contributed by atoms with Gasteiger partial charge in [0.2, 0.25) is 0 Å². The van der Waals surface area contributed by atoms with E-state index in [-0.39, 0.29) is 0 Å². The van der Waals surface area contributed by atoms with Gasteiger partial charge in [-0.05, 0) is 12.8 Å². The van der Waals surface area contributed by atoms with Crippen molar-refractivity contribution in [1.29, 1.82) is 0 Å². The standard InChI is InChI=1S/C6H11N3/c1-2-5-4-8-9-6(5)7-3-1/h5,8H,1-4H2,(H,7,9). The molecule has 0 bridgehead atoms. The van der Waals surface area contributed by atoms with Crippen LogP contribution in [0, 0.1) is 5.92 Å². The van der Waals surface area contributed by atoms with E-state index in [4.69, 9.17) is 0 Å². The molecule has 0 saturated carbocycles. The Hall–Kier alpha value is -0.570. The van der Waals surface area contributed by atoms with Crippen LogP contribution in [-0.4, -0.2) is 18.9 Å². The lowest BCUT2D eigenvalue weighted by molar-refractivity contribution is 0.576. The fourth-order valence-electron chi connectivity index (χ4n) is 1.41. The summed E-state index contributed by atoms with van der Waals surface area (Å²) in [4.78, 5) is 4.33. The van der Waals surface area contributed by atoms with E-state index in [1.54, 1.807) is 0 Å². The van der Waals surface area contributed by atoms with Gasteiger partial charge in [-0.3, -0.25) is 4.99 Å². The van der Waals surface area contributed by atoms with Crippen molar-refractivity contribution in [3.05, 3.63) is 0 Å². The Labute approximate surface area is 54.5 Å². The molecule has 3 heteroatoms. The first kappa shape index (κ1) is 5.23. The van der Waals surface area contributed by atoms with Gasteiger partial charge in [0, 0.05) is 19.0 Å². The molecule has 0 aromatic rings. The van der Waals surface area contributed by atoms with E-state index in [1.165, 1.54) is 18.7 Å². The molecule has 2 heterocycles. The first-order valence-electron chi connectivity index (χ1n) is 3.50. The number of fused-ring (bicyclic) bond motifs is 1. The molecule has 0 aromatic carbocycles. The maximum atomic E-state index is 4.33. The van der Waals surface area contributed by atoms with Gasteiger partial charge in [0.1, 0.15) is 5.84 Å². The minimum Gasteiger partial charge on any atom is -0.309 e. The average Bonchev–Trinajstić information content (AvgIpc) is 2.33. The zero-order valence-electron chi connectivity index (χ0n) is 5.35. The summed E-state index contributed by atoms with van der Waals surface area (Å²) >= 11 is 0. The lowest BCUT2D eigenvalue weighted by atomic mass is 10.0. The van der Waals surface area contributed by atoms with Crippen molar-refractivity contribution in [2.24, 2.45) is 10.9 Å². The van der Waals surface area contributed by atoms with Crippen molar-refractivity contribution in [2.45, 2.75) is 12.8 Å². The van der Waals surface area contributed by atoms with Crippen LogP contribution < -0.4 is 10.9 Å². The summed E-state index contributed by atoms with van der Waals surface area (Å²) in [6, 6.07) is 0. The molecule has 50 valence electrons. The summed E-state index contributed by atoms with van der Waals surface area (Å²) in [6.45, 7) is 2.08. The van der Waals surface area contributed by atoms with Gasteiger partial charge < -0.3 is 5.43 Å². The van der Waals surface area contributed by atoms with E-state index in [0.29, 0.717) is 5.92 Å². The van der Waals surface area contributed by atoms with Gasteiger partial charge in [-0.25, -0.2) is 5.43 Å². The molecule has 0 aliphatic carbocycles. The Bertz CT molecular complexity index is 141. The van der Waals surface area contributed by atoms with Gasteiger partial charge in [-0.1, -0.05) is 0 Å². The van der Waals surface area contributed by atoms with Crippen molar-refractivity contribution in [2.75, 3.05) is 13.1 Å². The van der Waals surface area contributed by atoms with Crippen LogP contribution in [0.2, 0.25) is 0 Å². The molecule has 0 radical (unpaired) electrons. The maximum Gasteiger partial charge on any atom is 0.115 e. The summed E-state index contributed by atoms with van der Waals surface area (Å²) in [7, 11) is 0. The molecule has 3 nitrogen and oxygen atoms in total. The molecule has 1 saturated heterocycles. The van der Waals surface area contributed by atoms with E-state index in [0.717, 1.165) is 13.1 Å². The summed E-state index contributed by atoms with van der Waals surface area (Å²) in [5.74, 6) is 1.88. The third kappa shape index (κ3) is 0.812. The molecule has 2 N–H and O–H groups in total. The van der Waals surface area contributed by atoms with E-state index >= 15 is 0 Å². The lowest BCUT2D eigenvalue weighted by Crippen LogP contribution is -2.28. The number of hydrogen-bond acceptors (Lipinski definition) is 3. The highest BCUT2D eigenvalue weighted by Crippen LogP contribution is 2.14. The van der Waals surface area contributed by atoms with E-state index < -0.39 is 0 Å². The highest BCUT2D eigenvalue weighted by Gasteiger charge is 2.23. The van der Waals surface area contributed by atoms with Crippen LogP contribution in [0.15, 0.2) is 4.99 Å². The van der Waals surface area contributed by atoms with Gasteiger partial charge in [0.05, 0.1) is 0 Å². The number of nitrogens with one attached hydrogen (secondary N) is 2. The highest BCUT2D eigenvalue weighted by molar-refractivity contribution is 5.86. The van der Waals surface area contributed by atoms with E-state index in [2.05, 4.69) is 15.8 Å². The predicted octanol–water partition coefficient (Wildman–Crippen LogP) is -0.0973. The van der Waals surface area contributed by atoms with Crippen molar-refractivity contribution >= 4 is 5.84 Å². The number of hydrazine groups is 1. The molecule has 0 aromatic heterocycles. The Morgan fingerprint density at radius 1 is 1.56 bits per heavy atom. The van der Waals surface area contributed by atoms with Crippen LogP contribution in [0.25, 0.3) is 0 Å². The second-order valence-electron chi connectivity index (χ2n) is 2.61. The van der Waals surface area contributed by atoms with Crippen molar-refractivity contribution in [3.63, 3.8) is 0 Å². The number of aliphatic imine (C=N–C) groups is 1. The third-order valence-corrected chi connectivity index (χ3v) is 1.94. The quantitative estimate of drug-likeness (QED) is 0.474. The van der Waals surface area contributed by atoms with Crippen LogP contribution in [0.1, 0.15) is 12.8 Å². The number of nitrogens with zero attached hydrogens (tertiary/aromatic N) is 1. The molecular weight excluding hydrogens is 114 g/mol. The van der Waals surface area contributed by atoms with Crippen LogP contribution in [0.4, 0.5) is 0 Å². The van der Waals surface area contributed by atoms with E-state index in [1.807, 2.05) is 0 Å². The molecule has 2 aliphatic heterocycles. The van der Waals surface area contributed by atoms with Crippen molar-refractivity contribution in [1.82, 2.24) is 10.9 Å². The Morgan fingerprint density at radius 3 is 3.44 bits per heavy atom. The minimum absolute atomic E-state index is 0.693. The summed E-state index contributed by atoms with van der Waals surface area (Å²) < 4.78 is 0.